The summed E-state index contributed by atoms with van der Waals surface area (Å²) < 4.78 is 7.12. The van der Waals surface area contributed by atoms with Crippen LogP contribution in [0.1, 0.15) is 25.1 Å². The fraction of sp³-hybridized carbons (Fsp3) is 0.700. The number of aromatic nitrogens is 2. The molecule has 0 radical (unpaired) electrons. The van der Waals surface area contributed by atoms with Crippen molar-refractivity contribution in [3.63, 3.8) is 0 Å². The van der Waals surface area contributed by atoms with Crippen molar-refractivity contribution in [3.05, 3.63) is 22.0 Å². The topological polar surface area (TPSA) is 70.2 Å². The summed E-state index contributed by atoms with van der Waals surface area (Å²) in [5, 5.41) is 14.9. The minimum Gasteiger partial charge on any atom is -0.381 e. The van der Waals surface area contributed by atoms with Crippen LogP contribution in [0.4, 0.5) is 5.69 Å². The summed E-state index contributed by atoms with van der Waals surface area (Å²) in [5.74, 6) is 0.340. The van der Waals surface area contributed by atoms with E-state index in [1.807, 2.05) is 0 Å². The summed E-state index contributed by atoms with van der Waals surface area (Å²) in [7, 11) is 0. The molecule has 2 unspecified atom stereocenters. The van der Waals surface area contributed by atoms with Crippen LogP contribution in [0.25, 0.3) is 0 Å². The highest BCUT2D eigenvalue weighted by atomic mass is 16.6. The molecule has 0 aromatic carbocycles. The Hall–Kier alpha value is -1.43. The Morgan fingerprint density at radius 3 is 3.00 bits per heavy atom. The maximum absolute atomic E-state index is 10.7. The van der Waals surface area contributed by atoms with Crippen molar-refractivity contribution >= 4 is 5.69 Å². The van der Waals surface area contributed by atoms with E-state index >= 15 is 0 Å². The number of rotatable bonds is 2. The molecule has 6 heteroatoms. The molecule has 2 atom stereocenters. The molecule has 1 aromatic heterocycles. The third-order valence-electron chi connectivity index (χ3n) is 3.13. The predicted octanol–water partition coefficient (Wildman–Crippen LogP) is 1.70. The first-order valence-electron chi connectivity index (χ1n) is 5.37. The van der Waals surface area contributed by atoms with Gasteiger partial charge in [0, 0.05) is 12.5 Å². The fourth-order valence-corrected chi connectivity index (χ4v) is 2.16. The van der Waals surface area contributed by atoms with E-state index in [1.54, 1.807) is 11.6 Å². The van der Waals surface area contributed by atoms with Crippen LogP contribution in [0.15, 0.2) is 6.20 Å². The Bertz CT molecular complexity index is 402. The summed E-state index contributed by atoms with van der Waals surface area (Å²) in [6.07, 6.45) is 2.19. The third kappa shape index (κ3) is 1.80. The number of nitro groups is 1. The molecule has 0 N–H and O–H groups in total. The normalized spacial score (nSPS) is 25.6. The monoisotopic (exact) mass is 225 g/mol. The molecule has 1 aromatic rings. The van der Waals surface area contributed by atoms with Gasteiger partial charge in [0.25, 0.3) is 0 Å². The maximum Gasteiger partial charge on any atom is 0.309 e. The Balaban J connectivity index is 2.29. The molecule has 0 spiro atoms. The summed E-state index contributed by atoms with van der Waals surface area (Å²) in [4.78, 5) is 10.3. The molecule has 1 fully saturated rings. The number of hydrogen-bond acceptors (Lipinski definition) is 4. The molecule has 1 aliphatic heterocycles. The van der Waals surface area contributed by atoms with Crippen molar-refractivity contribution in [2.24, 2.45) is 5.92 Å². The van der Waals surface area contributed by atoms with Gasteiger partial charge in [-0.15, -0.1) is 0 Å². The molecule has 88 valence electrons. The fourth-order valence-electron chi connectivity index (χ4n) is 2.16. The van der Waals surface area contributed by atoms with E-state index in [4.69, 9.17) is 4.74 Å². The Labute approximate surface area is 93.4 Å². The van der Waals surface area contributed by atoms with Gasteiger partial charge in [-0.25, -0.2) is 0 Å². The molecular weight excluding hydrogens is 210 g/mol. The molecule has 1 saturated heterocycles. The zero-order chi connectivity index (χ0) is 11.7. The number of nitrogens with zero attached hydrogens (tertiary/aromatic N) is 3. The molecule has 2 rings (SSSR count). The van der Waals surface area contributed by atoms with Gasteiger partial charge in [0.15, 0.2) is 0 Å². The van der Waals surface area contributed by atoms with Gasteiger partial charge in [-0.3, -0.25) is 14.8 Å². The first kappa shape index (κ1) is 11.1. The average molecular weight is 225 g/mol. The van der Waals surface area contributed by atoms with E-state index in [1.165, 1.54) is 6.20 Å². The summed E-state index contributed by atoms with van der Waals surface area (Å²) >= 11 is 0. The van der Waals surface area contributed by atoms with E-state index in [2.05, 4.69) is 12.0 Å². The summed E-state index contributed by atoms with van der Waals surface area (Å²) in [6.45, 7) is 5.21. The van der Waals surface area contributed by atoms with Crippen molar-refractivity contribution in [1.82, 2.24) is 9.78 Å². The van der Waals surface area contributed by atoms with E-state index in [0.717, 1.165) is 6.42 Å². The second-order valence-electron chi connectivity index (χ2n) is 4.23. The van der Waals surface area contributed by atoms with Crippen LogP contribution in [-0.4, -0.2) is 27.9 Å². The molecule has 0 bridgehead atoms. The first-order chi connectivity index (χ1) is 7.61. The minimum atomic E-state index is -0.386. The Morgan fingerprint density at radius 1 is 1.69 bits per heavy atom. The highest BCUT2D eigenvalue weighted by molar-refractivity contribution is 5.32. The molecule has 16 heavy (non-hydrogen) atoms. The van der Waals surface area contributed by atoms with Crippen molar-refractivity contribution in [3.8, 4) is 0 Å². The highest BCUT2D eigenvalue weighted by Gasteiger charge is 2.28. The van der Waals surface area contributed by atoms with Gasteiger partial charge >= 0.3 is 5.69 Å². The van der Waals surface area contributed by atoms with Gasteiger partial charge in [-0.05, 0) is 13.3 Å². The second kappa shape index (κ2) is 4.21. The van der Waals surface area contributed by atoms with Crippen molar-refractivity contribution in [2.75, 3.05) is 13.2 Å². The Kier molecular flexibility index (Phi) is 2.91. The quantitative estimate of drug-likeness (QED) is 0.567. The number of hydrogen-bond donors (Lipinski definition) is 0. The van der Waals surface area contributed by atoms with E-state index in [9.17, 15) is 10.1 Å². The van der Waals surface area contributed by atoms with Crippen LogP contribution in [-0.2, 0) is 4.74 Å². The van der Waals surface area contributed by atoms with E-state index in [-0.39, 0.29) is 16.7 Å². The lowest BCUT2D eigenvalue weighted by molar-refractivity contribution is -0.385. The molecule has 6 nitrogen and oxygen atoms in total. The van der Waals surface area contributed by atoms with Gasteiger partial charge in [0.05, 0.1) is 17.6 Å². The van der Waals surface area contributed by atoms with Gasteiger partial charge in [0.1, 0.15) is 11.9 Å². The Morgan fingerprint density at radius 2 is 2.44 bits per heavy atom. The molecule has 0 saturated carbocycles. The van der Waals surface area contributed by atoms with Crippen molar-refractivity contribution in [1.29, 1.82) is 0 Å². The second-order valence-corrected chi connectivity index (χ2v) is 4.23. The minimum absolute atomic E-state index is 0.0960. The van der Waals surface area contributed by atoms with Gasteiger partial charge in [-0.1, -0.05) is 6.92 Å². The highest BCUT2D eigenvalue weighted by Crippen LogP contribution is 2.29. The molecule has 2 heterocycles. The zero-order valence-corrected chi connectivity index (χ0v) is 9.42. The van der Waals surface area contributed by atoms with Crippen LogP contribution in [0.5, 0.6) is 0 Å². The molecule has 0 amide bonds. The van der Waals surface area contributed by atoms with Gasteiger partial charge < -0.3 is 4.74 Å². The largest absolute Gasteiger partial charge is 0.381 e. The average Bonchev–Trinajstić information content (AvgIpc) is 2.61. The molecule has 0 aliphatic carbocycles. The van der Waals surface area contributed by atoms with Crippen LogP contribution < -0.4 is 0 Å². The van der Waals surface area contributed by atoms with Crippen LogP contribution in [0.2, 0.25) is 0 Å². The van der Waals surface area contributed by atoms with Crippen molar-refractivity contribution < 1.29 is 9.66 Å². The lowest BCUT2D eigenvalue weighted by atomic mass is 9.98. The zero-order valence-electron chi connectivity index (χ0n) is 9.42. The van der Waals surface area contributed by atoms with Crippen LogP contribution in [0.3, 0.4) is 0 Å². The van der Waals surface area contributed by atoms with Gasteiger partial charge in [0.2, 0.25) is 0 Å². The lowest BCUT2D eigenvalue weighted by Crippen LogP contribution is -2.29. The predicted molar refractivity (Wildman–Crippen MR) is 57.3 cm³/mol. The standard InChI is InChI=1S/C10H15N3O3/c1-7-6-16-4-3-9(7)12-8(2)10(5-11-12)13(14)15/h5,7,9H,3-4,6H2,1-2H3. The lowest BCUT2D eigenvalue weighted by Gasteiger charge is -2.29. The van der Waals surface area contributed by atoms with Crippen molar-refractivity contribution in [2.45, 2.75) is 26.3 Å². The smallest absolute Gasteiger partial charge is 0.309 e. The van der Waals surface area contributed by atoms with Crippen LogP contribution in [0, 0.1) is 23.0 Å². The third-order valence-corrected chi connectivity index (χ3v) is 3.13. The molecule has 1 aliphatic rings. The van der Waals surface area contributed by atoms with E-state index < -0.39 is 0 Å². The maximum atomic E-state index is 10.7. The summed E-state index contributed by atoms with van der Waals surface area (Å²) in [5.41, 5.74) is 0.724. The van der Waals surface area contributed by atoms with E-state index in [0.29, 0.717) is 24.8 Å². The van der Waals surface area contributed by atoms with Crippen LogP contribution >= 0.6 is 0 Å². The first-order valence-corrected chi connectivity index (χ1v) is 5.37. The SMILES string of the molecule is Cc1c([N+](=O)[O-])cnn1C1CCOCC1C. The summed E-state index contributed by atoms with van der Waals surface area (Å²) in [6, 6.07) is 0.211. The van der Waals surface area contributed by atoms with Gasteiger partial charge in [-0.2, -0.15) is 5.10 Å². The number of ether oxygens (including phenoxy) is 1. The molecular formula is C10H15N3O3.